The first-order valence-electron chi connectivity index (χ1n) is 6.76. The van der Waals surface area contributed by atoms with Crippen LogP contribution in [0.15, 0.2) is 72.8 Å². The number of rotatable bonds is 7. The fourth-order valence-electron chi connectivity index (χ4n) is 1.75. The van der Waals surface area contributed by atoms with Crippen LogP contribution in [0.3, 0.4) is 0 Å². The third-order valence-corrected chi connectivity index (χ3v) is 2.89. The van der Waals surface area contributed by atoms with E-state index in [9.17, 15) is 4.79 Å². The van der Waals surface area contributed by atoms with Gasteiger partial charge in [-0.2, -0.15) is 0 Å². The predicted molar refractivity (Wildman–Crippen MR) is 81.5 cm³/mol. The number of benzene rings is 2. The number of hydrogen-bond acceptors (Lipinski definition) is 3. The van der Waals surface area contributed by atoms with Crippen LogP contribution in [-0.2, 0) is 27.5 Å². The minimum atomic E-state index is -0.424. The molecule has 0 bridgehead atoms. The van der Waals surface area contributed by atoms with Crippen molar-refractivity contribution in [1.82, 2.24) is 0 Å². The highest BCUT2D eigenvalue weighted by molar-refractivity contribution is 5.87. The van der Waals surface area contributed by atoms with Crippen molar-refractivity contribution in [2.24, 2.45) is 0 Å². The SMILES string of the molecule is C=C(COCc1ccccc1)C(=O)OCc1ccccc1. The lowest BCUT2D eigenvalue weighted by Gasteiger charge is -2.08. The Bertz CT molecular complexity index is 576. The lowest BCUT2D eigenvalue weighted by molar-refractivity contribution is -0.141. The molecule has 0 atom stereocenters. The van der Waals surface area contributed by atoms with Crippen LogP contribution in [0, 0.1) is 0 Å². The number of carbonyl (C=O) groups is 1. The Kier molecular flexibility index (Phi) is 5.73. The Balaban J connectivity index is 1.69. The molecule has 0 aliphatic heterocycles. The minimum Gasteiger partial charge on any atom is -0.457 e. The zero-order chi connectivity index (χ0) is 14.9. The van der Waals surface area contributed by atoms with Gasteiger partial charge in [-0.05, 0) is 11.1 Å². The summed E-state index contributed by atoms with van der Waals surface area (Å²) in [7, 11) is 0. The number of ether oxygens (including phenoxy) is 2. The maximum absolute atomic E-state index is 11.8. The quantitative estimate of drug-likeness (QED) is 0.576. The molecule has 0 aliphatic carbocycles. The summed E-state index contributed by atoms with van der Waals surface area (Å²) >= 11 is 0. The predicted octanol–water partition coefficient (Wildman–Crippen LogP) is 3.50. The van der Waals surface area contributed by atoms with Gasteiger partial charge in [-0.3, -0.25) is 0 Å². The van der Waals surface area contributed by atoms with Crippen molar-refractivity contribution in [1.29, 1.82) is 0 Å². The first-order valence-corrected chi connectivity index (χ1v) is 6.76. The van der Waals surface area contributed by atoms with Gasteiger partial charge in [0.25, 0.3) is 0 Å². The average Bonchev–Trinajstić information content (AvgIpc) is 2.54. The van der Waals surface area contributed by atoms with Crippen molar-refractivity contribution < 1.29 is 14.3 Å². The maximum Gasteiger partial charge on any atom is 0.336 e. The second-order valence-corrected chi connectivity index (χ2v) is 4.64. The molecular formula is C18H18O3. The van der Waals surface area contributed by atoms with Crippen LogP contribution in [-0.4, -0.2) is 12.6 Å². The van der Waals surface area contributed by atoms with Crippen molar-refractivity contribution in [2.45, 2.75) is 13.2 Å². The summed E-state index contributed by atoms with van der Waals surface area (Å²) in [6.07, 6.45) is 0. The summed E-state index contributed by atoms with van der Waals surface area (Å²) in [6, 6.07) is 19.3. The molecule has 0 saturated heterocycles. The van der Waals surface area contributed by atoms with Crippen molar-refractivity contribution in [3.05, 3.63) is 83.9 Å². The highest BCUT2D eigenvalue weighted by atomic mass is 16.5. The van der Waals surface area contributed by atoms with Crippen LogP contribution in [0.2, 0.25) is 0 Å². The molecule has 0 amide bonds. The van der Waals surface area contributed by atoms with E-state index in [0.717, 1.165) is 11.1 Å². The molecule has 2 aromatic carbocycles. The summed E-state index contributed by atoms with van der Waals surface area (Å²) in [6.45, 7) is 4.57. The third-order valence-electron chi connectivity index (χ3n) is 2.89. The van der Waals surface area contributed by atoms with Crippen LogP contribution >= 0.6 is 0 Å². The number of carbonyl (C=O) groups excluding carboxylic acids is 1. The van der Waals surface area contributed by atoms with Gasteiger partial charge in [0, 0.05) is 0 Å². The van der Waals surface area contributed by atoms with Crippen LogP contribution in [0.25, 0.3) is 0 Å². The first-order chi connectivity index (χ1) is 10.3. The minimum absolute atomic E-state index is 0.169. The molecule has 21 heavy (non-hydrogen) atoms. The largest absolute Gasteiger partial charge is 0.457 e. The first kappa shape index (κ1) is 15.0. The molecule has 2 rings (SSSR count). The molecule has 0 aliphatic rings. The fourth-order valence-corrected chi connectivity index (χ4v) is 1.75. The van der Waals surface area contributed by atoms with Crippen molar-refractivity contribution in [3.63, 3.8) is 0 Å². The Morgan fingerprint density at radius 3 is 1.95 bits per heavy atom. The lowest BCUT2D eigenvalue weighted by Crippen LogP contribution is -2.11. The zero-order valence-corrected chi connectivity index (χ0v) is 11.8. The molecule has 3 nitrogen and oxygen atoms in total. The van der Waals surface area contributed by atoms with Crippen molar-refractivity contribution >= 4 is 5.97 Å². The second-order valence-electron chi connectivity index (χ2n) is 4.64. The standard InChI is InChI=1S/C18H18O3/c1-15(12-20-13-16-8-4-2-5-9-16)18(19)21-14-17-10-6-3-7-11-17/h2-11H,1,12-14H2. The van der Waals surface area contributed by atoms with Gasteiger partial charge in [0.15, 0.2) is 0 Å². The molecule has 0 N–H and O–H groups in total. The van der Waals surface area contributed by atoms with E-state index in [0.29, 0.717) is 12.2 Å². The van der Waals surface area contributed by atoms with Crippen LogP contribution in [0.1, 0.15) is 11.1 Å². The summed E-state index contributed by atoms with van der Waals surface area (Å²) in [4.78, 5) is 11.8. The summed E-state index contributed by atoms with van der Waals surface area (Å²) in [5, 5.41) is 0. The molecule has 0 fully saturated rings. The van der Waals surface area contributed by atoms with Gasteiger partial charge < -0.3 is 9.47 Å². The van der Waals surface area contributed by atoms with E-state index < -0.39 is 5.97 Å². The van der Waals surface area contributed by atoms with Crippen LogP contribution in [0.4, 0.5) is 0 Å². The molecule has 0 saturated carbocycles. The zero-order valence-electron chi connectivity index (χ0n) is 11.8. The topological polar surface area (TPSA) is 35.5 Å². The Hall–Kier alpha value is -2.39. The molecule has 0 aromatic heterocycles. The molecular weight excluding hydrogens is 264 g/mol. The van der Waals surface area contributed by atoms with E-state index in [1.54, 1.807) is 0 Å². The van der Waals surface area contributed by atoms with Crippen LogP contribution < -0.4 is 0 Å². The van der Waals surface area contributed by atoms with Gasteiger partial charge >= 0.3 is 5.97 Å². The van der Waals surface area contributed by atoms with Crippen molar-refractivity contribution in [3.8, 4) is 0 Å². The molecule has 0 radical (unpaired) electrons. The van der Waals surface area contributed by atoms with E-state index >= 15 is 0 Å². The highest BCUT2D eigenvalue weighted by Gasteiger charge is 2.09. The Morgan fingerprint density at radius 1 is 0.857 bits per heavy atom. The van der Waals surface area contributed by atoms with Crippen molar-refractivity contribution in [2.75, 3.05) is 6.61 Å². The molecule has 3 heteroatoms. The Morgan fingerprint density at radius 2 is 1.38 bits per heavy atom. The second kappa shape index (κ2) is 8.02. The number of esters is 1. The summed E-state index contributed by atoms with van der Waals surface area (Å²) < 4.78 is 10.6. The summed E-state index contributed by atoms with van der Waals surface area (Å²) in [5.74, 6) is -0.424. The fraction of sp³-hybridized carbons (Fsp3) is 0.167. The van der Waals surface area contributed by atoms with Gasteiger partial charge in [-0.25, -0.2) is 4.79 Å². The van der Waals surface area contributed by atoms with E-state index in [2.05, 4.69) is 6.58 Å². The molecule has 0 heterocycles. The highest BCUT2D eigenvalue weighted by Crippen LogP contribution is 2.06. The third kappa shape index (κ3) is 5.24. The molecule has 108 valence electrons. The van der Waals surface area contributed by atoms with E-state index in [1.807, 2.05) is 60.7 Å². The monoisotopic (exact) mass is 282 g/mol. The van der Waals surface area contributed by atoms with E-state index in [1.165, 1.54) is 0 Å². The molecule has 0 spiro atoms. The van der Waals surface area contributed by atoms with Gasteiger partial charge in [-0.15, -0.1) is 0 Å². The van der Waals surface area contributed by atoms with Crippen LogP contribution in [0.5, 0.6) is 0 Å². The smallest absolute Gasteiger partial charge is 0.336 e. The van der Waals surface area contributed by atoms with Gasteiger partial charge in [0.2, 0.25) is 0 Å². The Labute approximate surface area is 124 Å². The molecule has 0 unspecified atom stereocenters. The van der Waals surface area contributed by atoms with E-state index in [-0.39, 0.29) is 13.2 Å². The lowest BCUT2D eigenvalue weighted by atomic mass is 10.2. The normalized spacial score (nSPS) is 10.1. The maximum atomic E-state index is 11.8. The van der Waals surface area contributed by atoms with Gasteiger partial charge in [0.05, 0.1) is 18.8 Å². The number of hydrogen-bond donors (Lipinski definition) is 0. The average molecular weight is 282 g/mol. The van der Waals surface area contributed by atoms with E-state index in [4.69, 9.17) is 9.47 Å². The van der Waals surface area contributed by atoms with Gasteiger partial charge in [0.1, 0.15) is 6.61 Å². The summed E-state index contributed by atoms with van der Waals surface area (Å²) in [5.41, 5.74) is 2.33. The molecule has 2 aromatic rings. The van der Waals surface area contributed by atoms with Gasteiger partial charge in [-0.1, -0.05) is 67.2 Å².